The van der Waals surface area contributed by atoms with Crippen LogP contribution in [-0.2, 0) is 125 Å². The van der Waals surface area contributed by atoms with E-state index in [0.717, 1.165) is 0 Å². The highest BCUT2D eigenvalue weighted by Crippen LogP contribution is 1.96. The molecular formula is C45H56N12O34. The zero-order chi connectivity index (χ0) is 69.9. The monoisotopic (exact) mass is 1310 g/mol. The maximum atomic E-state index is 12.4. The normalized spacial score (nSPS) is 10.5. The van der Waals surface area contributed by atoms with Gasteiger partial charge in [0.25, 0.3) is 0 Å². The number of nitrogens with one attached hydrogen (secondary N) is 1. The third-order valence-corrected chi connectivity index (χ3v) is 11.3. The molecule has 46 heteroatoms. The molecule has 0 atom stereocenters. The van der Waals surface area contributed by atoms with Gasteiger partial charge in [-0.25, -0.2) is 108 Å². The summed E-state index contributed by atoms with van der Waals surface area (Å²) < 4.78 is 4.83. The fourth-order valence-corrected chi connectivity index (χ4v) is 7.15. The summed E-state index contributed by atoms with van der Waals surface area (Å²) in [6, 6.07) is 0. The molecule has 0 aromatic carbocycles. The smallest absolute Gasteiger partial charge is 0.337 e. The Morgan fingerprint density at radius 2 is 0.363 bits per heavy atom. The highest BCUT2D eigenvalue weighted by Gasteiger charge is 2.22. The molecule has 0 unspecified atom stereocenters. The number of carbonyl (C=O) groups is 11. The maximum Gasteiger partial charge on any atom is 0.337 e. The van der Waals surface area contributed by atoms with Crippen molar-refractivity contribution < 1.29 is 109 Å². The van der Waals surface area contributed by atoms with Gasteiger partial charge >= 0.3 is 134 Å². The predicted molar refractivity (Wildman–Crippen MR) is 288 cm³/mol. The number of H-pyrrole nitrogens is 1. The van der Waals surface area contributed by atoms with E-state index in [1.807, 2.05) is 4.98 Å². The standard InChI is InChI=1S/C15H21N3O9.C12H15N3O9.C9H9N3O9.C9H11N3O7/c19-10(20)4-1-7-16-13(25)17(8-2-5-11(21)22)15(27)18(14(16)26)9-3-6-12(23)24;16-7(17)1-4-13-10(22)14(5-2-8(18)19)12(24)15(11(13)23)6-3-9(20)21;13-4(14)1-10-7(19)11(2-5(15)16)9(21)12(8(10)20)3-6(17)18;13-5(14)1-3-11-7(17)10-8(18)12(9(11)19)4-2-6(15)16/h1-9H2,(H,19,20)(H,21,22)(H,23,24);1-6H2,(H,16,17)(H,18,19)(H,20,21);1-3H2,(H,13,14)(H,15,16)(H,17,18);1-4H2,(H,13,14)(H,15,16)(H,10,17,18). The van der Waals surface area contributed by atoms with Crippen LogP contribution in [0.1, 0.15) is 70.6 Å². The fourth-order valence-electron chi connectivity index (χ4n) is 7.15. The van der Waals surface area contributed by atoms with Crippen molar-refractivity contribution in [3.05, 3.63) is 126 Å². The molecule has 0 amide bonds. The Labute approximate surface area is 497 Å². The van der Waals surface area contributed by atoms with Crippen LogP contribution in [0.4, 0.5) is 0 Å². The molecule has 46 nitrogen and oxygen atoms in total. The van der Waals surface area contributed by atoms with E-state index >= 15 is 0 Å². The topological polar surface area (TPSA) is 685 Å². The van der Waals surface area contributed by atoms with E-state index in [9.17, 15) is 110 Å². The van der Waals surface area contributed by atoms with E-state index in [1.54, 1.807) is 0 Å². The van der Waals surface area contributed by atoms with Crippen molar-refractivity contribution in [1.82, 2.24) is 55.2 Å². The minimum absolute atomic E-state index is 0.0209. The Morgan fingerprint density at radius 3 is 0.538 bits per heavy atom. The molecule has 12 N–H and O–H groups in total. The van der Waals surface area contributed by atoms with E-state index in [2.05, 4.69) is 0 Å². The van der Waals surface area contributed by atoms with Gasteiger partial charge in [0.2, 0.25) is 0 Å². The zero-order valence-electron chi connectivity index (χ0n) is 46.8. The first kappa shape index (κ1) is 76.8. The lowest BCUT2D eigenvalue weighted by Gasteiger charge is -2.13. The molecule has 0 aliphatic carbocycles. The molecule has 91 heavy (non-hydrogen) atoms. The van der Waals surface area contributed by atoms with Gasteiger partial charge in [-0.2, -0.15) is 0 Å². The Morgan fingerprint density at radius 1 is 0.209 bits per heavy atom. The van der Waals surface area contributed by atoms with E-state index in [4.69, 9.17) is 56.2 Å². The lowest BCUT2D eigenvalue weighted by Crippen LogP contribution is -2.56. The predicted octanol–water partition coefficient (Wildman–Crippen LogP) is -9.56. The Kier molecular flexibility index (Phi) is 30.5. The van der Waals surface area contributed by atoms with Crippen LogP contribution in [0.15, 0.2) is 57.5 Å². The molecule has 0 radical (unpaired) electrons. The molecule has 0 fully saturated rings. The third-order valence-electron chi connectivity index (χ3n) is 11.3. The Balaban J connectivity index is 0.000000612. The van der Waals surface area contributed by atoms with Gasteiger partial charge in [-0.15, -0.1) is 0 Å². The van der Waals surface area contributed by atoms with Crippen LogP contribution in [0, 0.1) is 0 Å². The first-order valence-corrected chi connectivity index (χ1v) is 25.4. The van der Waals surface area contributed by atoms with E-state index < -0.39 is 218 Å². The fraction of sp³-hybridized carbons (Fsp3) is 0.489. The number of aromatic amines is 1. The molecule has 4 rings (SSSR count). The molecule has 4 heterocycles. The molecule has 500 valence electrons. The largest absolute Gasteiger partial charge is 0.481 e. The summed E-state index contributed by atoms with van der Waals surface area (Å²) in [6.07, 6.45) is -3.61. The minimum atomic E-state index is -1.60. The number of aliphatic carboxylic acids is 11. The van der Waals surface area contributed by atoms with Crippen molar-refractivity contribution in [2.75, 3.05) is 0 Å². The zero-order valence-corrected chi connectivity index (χ0v) is 46.8. The molecule has 4 aromatic rings. The minimum Gasteiger partial charge on any atom is -0.481 e. The van der Waals surface area contributed by atoms with Crippen molar-refractivity contribution in [3.8, 4) is 0 Å². The summed E-state index contributed by atoms with van der Waals surface area (Å²) in [5.41, 5.74) is -13.7. The second kappa shape index (κ2) is 36.1. The third kappa shape index (κ3) is 24.6. The second-order valence-corrected chi connectivity index (χ2v) is 17.9. The number of rotatable bonds is 33. The Hall–Kier alpha value is -12.2. The summed E-state index contributed by atoms with van der Waals surface area (Å²) in [6.45, 7) is -6.54. The summed E-state index contributed by atoms with van der Waals surface area (Å²) >= 11 is 0. The van der Waals surface area contributed by atoms with Crippen LogP contribution in [-0.4, -0.2) is 177 Å². The number of aromatic nitrogens is 12. The first-order chi connectivity index (χ1) is 42.3. The highest BCUT2D eigenvalue weighted by atomic mass is 16.4. The molecule has 4 aromatic heterocycles. The van der Waals surface area contributed by atoms with E-state index in [-0.39, 0.29) is 71.9 Å². The molecule has 0 saturated carbocycles. The van der Waals surface area contributed by atoms with Gasteiger partial charge in [0, 0.05) is 71.6 Å². The molecular weight excluding hydrogens is 1250 g/mol. The van der Waals surface area contributed by atoms with Crippen LogP contribution in [0.2, 0.25) is 0 Å². The van der Waals surface area contributed by atoms with Crippen LogP contribution < -0.4 is 68.3 Å². The lowest BCUT2D eigenvalue weighted by molar-refractivity contribution is -0.139. The summed E-state index contributed by atoms with van der Waals surface area (Å²) in [5, 5.41) is 94.8. The highest BCUT2D eigenvalue weighted by molar-refractivity contribution is 5.70. The number of hydrogen-bond acceptors (Lipinski definition) is 23. The average molecular weight is 1310 g/mol. The second-order valence-electron chi connectivity index (χ2n) is 17.9. The Bertz CT molecular complexity index is 3750. The summed E-state index contributed by atoms with van der Waals surface area (Å²) in [5.74, 6) is -14.4. The van der Waals surface area contributed by atoms with Crippen molar-refractivity contribution in [2.45, 2.75) is 143 Å². The molecule has 0 saturated heterocycles. The average Bonchev–Trinajstić information content (AvgIpc) is 1.91. The quantitative estimate of drug-likeness (QED) is 0.0211. The molecule has 0 aliphatic rings. The van der Waals surface area contributed by atoms with Gasteiger partial charge in [0.05, 0.1) is 32.1 Å². The van der Waals surface area contributed by atoms with Crippen molar-refractivity contribution in [2.24, 2.45) is 0 Å². The summed E-state index contributed by atoms with van der Waals surface area (Å²) in [7, 11) is 0. The van der Waals surface area contributed by atoms with Gasteiger partial charge in [0.1, 0.15) is 19.6 Å². The van der Waals surface area contributed by atoms with Crippen LogP contribution in [0.3, 0.4) is 0 Å². The summed E-state index contributed by atoms with van der Waals surface area (Å²) in [4.78, 5) is 261. The number of carboxylic acids is 11. The SMILES string of the molecule is O=C(O)CCCn1c(=O)n(CCCC(=O)O)c(=O)n(CCCC(=O)O)c1=O.O=C(O)CCn1c(=O)[nH]c(=O)n(CCC(=O)O)c1=O.O=C(O)CCn1c(=O)n(CCC(=O)O)c(=O)n(CCC(=O)O)c1=O.O=C(O)Cn1c(=O)n(CC(=O)O)c(=O)n(CC(=O)O)c1=O. The van der Waals surface area contributed by atoms with Crippen molar-refractivity contribution >= 4 is 65.7 Å². The lowest BCUT2D eigenvalue weighted by atomic mass is 10.3. The van der Waals surface area contributed by atoms with Crippen LogP contribution >= 0.6 is 0 Å². The van der Waals surface area contributed by atoms with Crippen LogP contribution in [0.25, 0.3) is 0 Å². The van der Waals surface area contributed by atoms with E-state index in [1.165, 1.54) is 0 Å². The van der Waals surface area contributed by atoms with Gasteiger partial charge in [0.15, 0.2) is 0 Å². The van der Waals surface area contributed by atoms with Crippen molar-refractivity contribution in [1.29, 1.82) is 0 Å². The van der Waals surface area contributed by atoms with Gasteiger partial charge in [-0.1, -0.05) is 0 Å². The van der Waals surface area contributed by atoms with Crippen molar-refractivity contribution in [3.63, 3.8) is 0 Å². The number of carboxylic acid groups (broad SMARTS) is 11. The van der Waals surface area contributed by atoms with E-state index in [0.29, 0.717) is 36.5 Å². The molecule has 0 aliphatic heterocycles. The maximum absolute atomic E-state index is 12.4. The molecule has 0 bridgehead atoms. The number of nitrogens with zero attached hydrogens (tertiary/aromatic N) is 11. The molecule has 0 spiro atoms. The van der Waals surface area contributed by atoms with Gasteiger partial charge in [-0.05, 0) is 19.3 Å². The number of hydrogen-bond donors (Lipinski definition) is 12. The van der Waals surface area contributed by atoms with Gasteiger partial charge in [-0.3, -0.25) is 57.7 Å². The van der Waals surface area contributed by atoms with Crippen LogP contribution in [0.5, 0.6) is 0 Å². The first-order valence-electron chi connectivity index (χ1n) is 25.4. The van der Waals surface area contributed by atoms with Gasteiger partial charge < -0.3 is 56.2 Å².